The lowest BCUT2D eigenvalue weighted by molar-refractivity contribution is -0.121. The Bertz CT molecular complexity index is 472. The van der Waals surface area contributed by atoms with E-state index in [4.69, 9.17) is 10.4 Å². The largest absolute Gasteiger partial charge is 0.478 e. The Labute approximate surface area is 97.7 Å². The molecule has 2 N–H and O–H groups in total. The van der Waals surface area contributed by atoms with Gasteiger partial charge in [0.05, 0.1) is 24.4 Å². The van der Waals surface area contributed by atoms with Crippen LogP contribution in [0.15, 0.2) is 6.20 Å². The minimum Gasteiger partial charge on any atom is -0.478 e. The van der Waals surface area contributed by atoms with Crippen LogP contribution in [0.1, 0.15) is 22.5 Å². The van der Waals surface area contributed by atoms with Crippen molar-refractivity contribution >= 4 is 11.9 Å². The number of nitriles is 1. The molecule has 1 aromatic rings. The summed E-state index contributed by atoms with van der Waals surface area (Å²) in [6.07, 6.45) is 1.45. The van der Waals surface area contributed by atoms with Gasteiger partial charge >= 0.3 is 5.97 Å². The molecule has 7 nitrogen and oxygen atoms in total. The van der Waals surface area contributed by atoms with Crippen LogP contribution in [-0.2, 0) is 11.3 Å². The standard InChI is InChI=1S/C10H12N4O3/c1-7-8(10(16)17)5-13-14(7)6-9(15)12-4-2-3-11/h5H,2,4,6H2,1H3,(H,12,15)(H,16,17). The van der Waals surface area contributed by atoms with Crippen LogP contribution in [0.25, 0.3) is 0 Å². The fourth-order valence-corrected chi connectivity index (χ4v) is 1.27. The zero-order chi connectivity index (χ0) is 12.8. The number of amides is 1. The summed E-state index contributed by atoms with van der Waals surface area (Å²) in [4.78, 5) is 22.1. The molecule has 0 bridgehead atoms. The Morgan fingerprint density at radius 1 is 1.65 bits per heavy atom. The van der Waals surface area contributed by atoms with Gasteiger partial charge in [-0.2, -0.15) is 10.4 Å². The van der Waals surface area contributed by atoms with Crippen molar-refractivity contribution in [2.75, 3.05) is 6.54 Å². The molecule has 0 aliphatic heterocycles. The van der Waals surface area contributed by atoms with Crippen molar-refractivity contribution in [3.8, 4) is 6.07 Å². The predicted octanol–water partition coefficient (Wildman–Crippen LogP) is -0.0804. The molecule has 0 radical (unpaired) electrons. The van der Waals surface area contributed by atoms with E-state index in [1.807, 2.05) is 6.07 Å². The Morgan fingerprint density at radius 2 is 2.35 bits per heavy atom. The molecule has 7 heteroatoms. The number of carbonyl (C=O) groups excluding carboxylic acids is 1. The molecule has 0 aliphatic carbocycles. The van der Waals surface area contributed by atoms with Gasteiger partial charge in [-0.05, 0) is 6.92 Å². The van der Waals surface area contributed by atoms with Crippen LogP contribution in [0, 0.1) is 18.3 Å². The second-order valence-electron chi connectivity index (χ2n) is 3.36. The zero-order valence-corrected chi connectivity index (χ0v) is 9.30. The molecule has 1 aromatic heterocycles. The summed E-state index contributed by atoms with van der Waals surface area (Å²) >= 11 is 0. The minimum atomic E-state index is -1.07. The van der Waals surface area contributed by atoms with Crippen LogP contribution in [0.5, 0.6) is 0 Å². The molecular weight excluding hydrogens is 224 g/mol. The maximum atomic E-state index is 11.4. The number of nitrogens with zero attached hydrogens (tertiary/aromatic N) is 3. The first-order valence-electron chi connectivity index (χ1n) is 4.95. The summed E-state index contributed by atoms with van der Waals surface area (Å²) in [5.41, 5.74) is 0.503. The normalized spacial score (nSPS) is 9.65. The van der Waals surface area contributed by atoms with E-state index in [9.17, 15) is 9.59 Å². The number of hydrogen-bond donors (Lipinski definition) is 2. The number of nitrogens with one attached hydrogen (secondary N) is 1. The summed E-state index contributed by atoms with van der Waals surface area (Å²) in [6.45, 7) is 1.81. The van der Waals surface area contributed by atoms with Gasteiger partial charge in [-0.3, -0.25) is 9.48 Å². The van der Waals surface area contributed by atoms with Crippen LogP contribution in [0.4, 0.5) is 0 Å². The first-order valence-corrected chi connectivity index (χ1v) is 4.95. The Hall–Kier alpha value is -2.36. The van der Waals surface area contributed by atoms with Crippen LogP contribution >= 0.6 is 0 Å². The van der Waals surface area contributed by atoms with Crippen molar-refractivity contribution in [3.63, 3.8) is 0 Å². The summed E-state index contributed by atoms with van der Waals surface area (Å²) in [5, 5.41) is 23.4. The van der Waals surface area contributed by atoms with Gasteiger partial charge in [-0.1, -0.05) is 0 Å². The van der Waals surface area contributed by atoms with Gasteiger partial charge in [0, 0.05) is 6.54 Å². The number of carboxylic acids is 1. The van der Waals surface area contributed by atoms with E-state index in [0.717, 1.165) is 0 Å². The van der Waals surface area contributed by atoms with E-state index >= 15 is 0 Å². The van der Waals surface area contributed by atoms with E-state index < -0.39 is 5.97 Å². The second-order valence-corrected chi connectivity index (χ2v) is 3.36. The second kappa shape index (κ2) is 5.65. The average Bonchev–Trinajstić information content (AvgIpc) is 2.61. The Morgan fingerprint density at radius 3 is 2.88 bits per heavy atom. The molecule has 0 unspecified atom stereocenters. The summed E-state index contributed by atoms with van der Waals surface area (Å²) < 4.78 is 1.31. The summed E-state index contributed by atoms with van der Waals surface area (Å²) in [5.74, 6) is -1.37. The molecule has 0 aliphatic rings. The Kier molecular flexibility index (Phi) is 4.22. The molecule has 0 fully saturated rings. The number of hydrogen-bond acceptors (Lipinski definition) is 4. The third-order valence-electron chi connectivity index (χ3n) is 2.19. The van der Waals surface area contributed by atoms with Crippen molar-refractivity contribution in [2.24, 2.45) is 0 Å². The molecule has 0 atom stereocenters. The lowest BCUT2D eigenvalue weighted by Crippen LogP contribution is -2.29. The molecule has 90 valence electrons. The monoisotopic (exact) mass is 236 g/mol. The van der Waals surface area contributed by atoms with E-state index in [2.05, 4.69) is 10.4 Å². The molecular formula is C10H12N4O3. The number of carbonyl (C=O) groups is 2. The lowest BCUT2D eigenvalue weighted by Gasteiger charge is -2.05. The molecule has 1 heterocycles. The first-order chi connectivity index (χ1) is 8.06. The van der Waals surface area contributed by atoms with Crippen molar-refractivity contribution in [3.05, 3.63) is 17.5 Å². The van der Waals surface area contributed by atoms with E-state index in [1.54, 1.807) is 6.92 Å². The van der Waals surface area contributed by atoms with Crippen LogP contribution in [0.3, 0.4) is 0 Å². The average molecular weight is 236 g/mol. The molecule has 0 saturated carbocycles. The van der Waals surface area contributed by atoms with E-state index in [-0.39, 0.29) is 31.0 Å². The number of aromatic carboxylic acids is 1. The van der Waals surface area contributed by atoms with Crippen LogP contribution in [-0.4, -0.2) is 33.3 Å². The fourth-order valence-electron chi connectivity index (χ4n) is 1.27. The Balaban J connectivity index is 2.60. The van der Waals surface area contributed by atoms with E-state index in [1.165, 1.54) is 10.9 Å². The smallest absolute Gasteiger partial charge is 0.339 e. The summed E-state index contributed by atoms with van der Waals surface area (Å²) in [7, 11) is 0. The van der Waals surface area contributed by atoms with Crippen molar-refractivity contribution < 1.29 is 14.7 Å². The van der Waals surface area contributed by atoms with Gasteiger partial charge in [-0.25, -0.2) is 4.79 Å². The third kappa shape index (κ3) is 3.31. The SMILES string of the molecule is Cc1c(C(=O)O)cnn1CC(=O)NCCC#N. The van der Waals surface area contributed by atoms with Crippen LogP contribution < -0.4 is 5.32 Å². The maximum Gasteiger partial charge on any atom is 0.339 e. The molecule has 17 heavy (non-hydrogen) atoms. The van der Waals surface area contributed by atoms with Crippen molar-refractivity contribution in [1.29, 1.82) is 5.26 Å². The highest BCUT2D eigenvalue weighted by Crippen LogP contribution is 2.06. The van der Waals surface area contributed by atoms with Gasteiger partial charge in [0.2, 0.25) is 5.91 Å². The molecule has 0 spiro atoms. The summed E-state index contributed by atoms with van der Waals surface area (Å²) in [6, 6.07) is 1.90. The van der Waals surface area contributed by atoms with Gasteiger partial charge < -0.3 is 10.4 Å². The number of aromatic nitrogens is 2. The molecule has 1 amide bonds. The first kappa shape index (κ1) is 12.7. The lowest BCUT2D eigenvalue weighted by atomic mass is 10.3. The highest BCUT2D eigenvalue weighted by molar-refractivity contribution is 5.88. The predicted molar refractivity (Wildman–Crippen MR) is 57.2 cm³/mol. The highest BCUT2D eigenvalue weighted by atomic mass is 16.4. The maximum absolute atomic E-state index is 11.4. The van der Waals surface area contributed by atoms with Crippen molar-refractivity contribution in [2.45, 2.75) is 19.9 Å². The third-order valence-corrected chi connectivity index (χ3v) is 2.19. The van der Waals surface area contributed by atoms with Crippen molar-refractivity contribution in [1.82, 2.24) is 15.1 Å². The van der Waals surface area contributed by atoms with Gasteiger partial charge in [-0.15, -0.1) is 0 Å². The topological polar surface area (TPSA) is 108 Å². The zero-order valence-electron chi connectivity index (χ0n) is 9.30. The van der Waals surface area contributed by atoms with Gasteiger partial charge in [0.1, 0.15) is 12.1 Å². The highest BCUT2D eigenvalue weighted by Gasteiger charge is 2.14. The van der Waals surface area contributed by atoms with Gasteiger partial charge in [0.15, 0.2) is 0 Å². The fraction of sp³-hybridized carbons (Fsp3) is 0.400. The number of rotatable bonds is 5. The quantitative estimate of drug-likeness (QED) is 0.695. The molecule has 1 rings (SSSR count). The minimum absolute atomic E-state index is 0.0510. The van der Waals surface area contributed by atoms with Crippen LogP contribution in [0.2, 0.25) is 0 Å². The molecule has 0 saturated heterocycles. The molecule has 0 aromatic carbocycles. The number of carboxylic acid groups (broad SMARTS) is 1. The van der Waals surface area contributed by atoms with E-state index in [0.29, 0.717) is 5.69 Å². The van der Waals surface area contributed by atoms with Gasteiger partial charge in [0.25, 0.3) is 0 Å².